The zero-order valence-corrected chi connectivity index (χ0v) is 17.7. The lowest BCUT2D eigenvalue weighted by atomic mass is 9.92. The van der Waals surface area contributed by atoms with Crippen LogP contribution in [0.1, 0.15) is 27.7 Å². The van der Waals surface area contributed by atoms with Gasteiger partial charge in [-0.15, -0.1) is 0 Å². The number of ether oxygens (including phenoxy) is 5. The van der Waals surface area contributed by atoms with Crippen LogP contribution >= 0.6 is 0 Å². The summed E-state index contributed by atoms with van der Waals surface area (Å²) in [7, 11) is 1.10. The summed E-state index contributed by atoms with van der Waals surface area (Å²) in [4.78, 5) is 61.9. The molecule has 12 heteroatoms. The van der Waals surface area contributed by atoms with Gasteiger partial charge in [0.05, 0.1) is 7.11 Å². The van der Waals surface area contributed by atoms with E-state index in [0.29, 0.717) is 0 Å². The molecule has 0 aromatic heterocycles. The fourth-order valence-electron chi connectivity index (χ4n) is 2.87. The molecule has 0 spiro atoms. The van der Waals surface area contributed by atoms with E-state index in [2.05, 4.69) is 14.9 Å². The number of rotatable bonds is 8. The minimum atomic E-state index is -1.46. The van der Waals surface area contributed by atoms with Crippen molar-refractivity contribution in [3.63, 3.8) is 0 Å². The Morgan fingerprint density at radius 1 is 1.10 bits per heavy atom. The van der Waals surface area contributed by atoms with Crippen LogP contribution in [0.2, 0.25) is 0 Å². The number of amides is 1. The molecule has 0 radical (unpaired) electrons. The topological polar surface area (TPSA) is 148 Å². The average molecular weight is 440 g/mol. The van der Waals surface area contributed by atoms with E-state index in [-0.39, 0.29) is 5.76 Å². The van der Waals surface area contributed by atoms with E-state index in [1.54, 1.807) is 0 Å². The molecule has 170 valence electrons. The maximum absolute atomic E-state index is 12.0. The van der Waals surface area contributed by atoms with E-state index < -0.39 is 66.8 Å². The quantitative estimate of drug-likeness (QED) is 0.302. The summed E-state index contributed by atoms with van der Waals surface area (Å²) in [6.07, 6.45) is -3.04. The molecule has 1 rings (SSSR count). The van der Waals surface area contributed by atoms with E-state index in [0.717, 1.165) is 34.0 Å². The molecule has 1 aliphatic rings. The second-order valence-electron chi connectivity index (χ2n) is 6.48. The molecule has 5 atom stereocenters. The Hall–Kier alpha value is -3.62. The first kappa shape index (κ1) is 25.4. The van der Waals surface area contributed by atoms with Gasteiger partial charge in [-0.3, -0.25) is 19.2 Å². The fourth-order valence-corrected chi connectivity index (χ4v) is 2.87. The van der Waals surface area contributed by atoms with Crippen LogP contribution in [0.4, 0.5) is 0 Å². The first-order chi connectivity index (χ1) is 14.5. The van der Waals surface area contributed by atoms with E-state index in [1.165, 1.54) is 6.92 Å². The Bertz CT molecular complexity index is 800. The summed E-state index contributed by atoms with van der Waals surface area (Å²) in [5, 5.41) is 2.52. The van der Waals surface area contributed by atoms with Crippen molar-refractivity contribution in [2.24, 2.45) is 0 Å². The summed E-state index contributed by atoms with van der Waals surface area (Å²) in [5.41, 5.74) is 0. The van der Waals surface area contributed by atoms with Crippen molar-refractivity contribution in [3.05, 3.63) is 23.3 Å². The third-order valence-electron chi connectivity index (χ3n) is 3.97. The van der Waals surface area contributed by atoms with Crippen molar-refractivity contribution in [1.29, 1.82) is 0 Å². The standard InChI is InChI=1S/C19H24N2O10/c1-9(22)21-16-13(20-5)7-14(19(26)27-6)31-18(16)17(30-12(4)25)15(29-11(3)24)8-28-10(2)23/h7,13,15-18H,8H2,1-4,6H3,(H,21,22)/t13-,15+,16+,17+,18+/m0/s1. The second-order valence-corrected chi connectivity index (χ2v) is 6.48. The van der Waals surface area contributed by atoms with Gasteiger partial charge >= 0.3 is 23.9 Å². The molecule has 0 saturated heterocycles. The normalized spacial score (nSPS) is 21.7. The van der Waals surface area contributed by atoms with Crippen molar-refractivity contribution in [2.45, 2.75) is 58.1 Å². The molecule has 1 aliphatic heterocycles. The largest absolute Gasteiger partial charge is 0.477 e. The predicted octanol–water partition coefficient (Wildman–Crippen LogP) is -0.339. The number of carbonyl (C=O) groups excluding carboxylic acids is 5. The molecular weight excluding hydrogens is 416 g/mol. The smallest absolute Gasteiger partial charge is 0.373 e. The van der Waals surface area contributed by atoms with Crippen LogP contribution < -0.4 is 5.32 Å². The van der Waals surface area contributed by atoms with Gasteiger partial charge in [0.25, 0.3) is 6.04 Å². The van der Waals surface area contributed by atoms with Gasteiger partial charge in [0.1, 0.15) is 12.6 Å². The highest BCUT2D eigenvalue weighted by molar-refractivity contribution is 5.86. The van der Waals surface area contributed by atoms with E-state index >= 15 is 0 Å². The van der Waals surface area contributed by atoms with Crippen molar-refractivity contribution in [3.8, 4) is 0 Å². The molecule has 0 unspecified atom stereocenters. The first-order valence-electron chi connectivity index (χ1n) is 9.08. The van der Waals surface area contributed by atoms with Gasteiger partial charge < -0.3 is 33.8 Å². The molecule has 1 N–H and O–H groups in total. The number of nitrogens with zero attached hydrogens (tertiary/aromatic N) is 1. The lowest BCUT2D eigenvalue weighted by molar-refractivity contribution is -0.187. The minimum absolute atomic E-state index is 0.360. The van der Waals surface area contributed by atoms with Crippen molar-refractivity contribution < 1.29 is 47.7 Å². The van der Waals surface area contributed by atoms with Crippen molar-refractivity contribution in [2.75, 3.05) is 13.7 Å². The Balaban J connectivity index is 3.51. The maximum Gasteiger partial charge on any atom is 0.373 e. The minimum Gasteiger partial charge on any atom is -0.477 e. The highest BCUT2D eigenvalue weighted by atomic mass is 16.6. The summed E-state index contributed by atoms with van der Waals surface area (Å²) in [6.45, 7) is 11.4. The van der Waals surface area contributed by atoms with Gasteiger partial charge in [-0.1, -0.05) is 0 Å². The average Bonchev–Trinajstić information content (AvgIpc) is 2.68. The highest BCUT2D eigenvalue weighted by Crippen LogP contribution is 2.28. The predicted molar refractivity (Wildman–Crippen MR) is 101 cm³/mol. The molecule has 0 aliphatic carbocycles. The summed E-state index contributed by atoms with van der Waals surface area (Å²) >= 11 is 0. The third kappa shape index (κ3) is 7.61. The molecule has 0 saturated carbocycles. The monoisotopic (exact) mass is 440 g/mol. The van der Waals surface area contributed by atoms with Gasteiger partial charge in [0.2, 0.25) is 11.7 Å². The van der Waals surface area contributed by atoms with Gasteiger partial charge in [0.15, 0.2) is 18.3 Å². The SMILES string of the molecule is [C-]#[N+][C@H]1C=C(C(=O)OC)O[C@@H]([C@H](OC(C)=O)[C@@H](COC(C)=O)OC(C)=O)[C@@H]1NC(C)=O. The lowest BCUT2D eigenvalue weighted by Gasteiger charge is -2.38. The second kappa shape index (κ2) is 11.5. The zero-order chi connectivity index (χ0) is 23.7. The number of hydrogen-bond donors (Lipinski definition) is 1. The highest BCUT2D eigenvalue weighted by Gasteiger charge is 2.50. The summed E-state index contributed by atoms with van der Waals surface area (Å²) in [6, 6.07) is -2.22. The van der Waals surface area contributed by atoms with Crippen LogP contribution in [0, 0.1) is 6.57 Å². The van der Waals surface area contributed by atoms with E-state index in [1.807, 2.05) is 0 Å². The molecule has 0 bridgehead atoms. The van der Waals surface area contributed by atoms with Crippen LogP contribution in [0.25, 0.3) is 4.85 Å². The van der Waals surface area contributed by atoms with Crippen LogP contribution in [-0.4, -0.2) is 73.9 Å². The zero-order valence-electron chi connectivity index (χ0n) is 17.7. The van der Waals surface area contributed by atoms with Crippen LogP contribution in [-0.2, 0) is 47.7 Å². The summed E-state index contributed by atoms with van der Waals surface area (Å²) < 4.78 is 25.6. The van der Waals surface area contributed by atoms with Crippen molar-refractivity contribution >= 4 is 29.8 Å². The number of esters is 4. The number of hydrogen-bond acceptors (Lipinski definition) is 10. The van der Waals surface area contributed by atoms with Crippen LogP contribution in [0.15, 0.2) is 11.8 Å². The van der Waals surface area contributed by atoms with Gasteiger partial charge in [-0.05, 0) is 0 Å². The third-order valence-corrected chi connectivity index (χ3v) is 3.97. The molecule has 31 heavy (non-hydrogen) atoms. The van der Waals surface area contributed by atoms with Gasteiger partial charge in [0, 0.05) is 33.8 Å². The molecular formula is C19H24N2O10. The number of carbonyl (C=O) groups is 5. The Morgan fingerprint density at radius 3 is 2.16 bits per heavy atom. The van der Waals surface area contributed by atoms with E-state index in [9.17, 15) is 24.0 Å². The molecule has 12 nitrogen and oxygen atoms in total. The number of methoxy groups -OCH3 is 1. The Labute approximate surface area is 178 Å². The van der Waals surface area contributed by atoms with Crippen LogP contribution in [0.5, 0.6) is 0 Å². The Morgan fingerprint density at radius 2 is 1.71 bits per heavy atom. The van der Waals surface area contributed by atoms with Crippen molar-refractivity contribution in [1.82, 2.24) is 5.32 Å². The van der Waals surface area contributed by atoms with Crippen LogP contribution in [0.3, 0.4) is 0 Å². The molecule has 0 fully saturated rings. The maximum atomic E-state index is 12.0. The lowest BCUT2D eigenvalue weighted by Crippen LogP contribution is -2.60. The van der Waals surface area contributed by atoms with Gasteiger partial charge in [-0.2, -0.15) is 0 Å². The number of nitrogens with one attached hydrogen (secondary N) is 1. The Kier molecular flexibility index (Phi) is 9.46. The molecule has 0 aromatic rings. The van der Waals surface area contributed by atoms with E-state index in [4.69, 9.17) is 25.5 Å². The molecule has 1 heterocycles. The summed E-state index contributed by atoms with van der Waals surface area (Å²) in [5.74, 6) is -4.11. The fraction of sp³-hybridized carbons (Fsp3) is 0.579. The first-order valence-corrected chi connectivity index (χ1v) is 9.08. The molecule has 0 aromatic carbocycles. The molecule has 1 amide bonds. The van der Waals surface area contributed by atoms with Gasteiger partial charge in [-0.25, -0.2) is 11.4 Å².